The van der Waals surface area contributed by atoms with Gasteiger partial charge in [0.15, 0.2) is 5.13 Å². The zero-order valence-corrected chi connectivity index (χ0v) is 16.4. The van der Waals surface area contributed by atoms with Gasteiger partial charge in [0, 0.05) is 16.1 Å². The van der Waals surface area contributed by atoms with Gasteiger partial charge in [-0.1, -0.05) is 37.3 Å². The number of hydrogen-bond donors (Lipinski definition) is 2. The highest BCUT2D eigenvalue weighted by Gasteiger charge is 2.33. The van der Waals surface area contributed by atoms with Crippen molar-refractivity contribution in [3.63, 3.8) is 0 Å². The van der Waals surface area contributed by atoms with E-state index in [1.165, 1.54) is 16.9 Å². The Hall–Kier alpha value is -2.99. The van der Waals surface area contributed by atoms with Crippen LogP contribution in [-0.2, 0) is 17.6 Å². The van der Waals surface area contributed by atoms with Crippen molar-refractivity contribution in [2.75, 3.05) is 10.6 Å². The van der Waals surface area contributed by atoms with Crippen molar-refractivity contribution in [1.29, 1.82) is 0 Å². The van der Waals surface area contributed by atoms with Gasteiger partial charge in [-0.2, -0.15) is 0 Å². The second-order valence-corrected chi connectivity index (χ2v) is 7.86. The molecule has 1 atom stereocenters. The van der Waals surface area contributed by atoms with Crippen LogP contribution in [0.25, 0.3) is 0 Å². The number of amides is 2. The largest absolute Gasteiger partial charge is 0.326 e. The third kappa shape index (κ3) is 3.82. The number of aromatic nitrogens is 1. The molecule has 1 aliphatic carbocycles. The topological polar surface area (TPSA) is 71.1 Å². The number of rotatable bonds is 5. The number of carbonyl (C=O) groups is 2. The maximum absolute atomic E-state index is 12.8. The smallest absolute Gasteiger partial charge is 0.257 e. The first-order valence-electron chi connectivity index (χ1n) is 9.40. The molecule has 0 aliphatic heterocycles. The van der Waals surface area contributed by atoms with Crippen molar-refractivity contribution in [3.05, 3.63) is 76.3 Å². The zero-order chi connectivity index (χ0) is 19.5. The first-order valence-corrected chi connectivity index (χ1v) is 10.2. The van der Waals surface area contributed by atoms with E-state index >= 15 is 0 Å². The summed E-state index contributed by atoms with van der Waals surface area (Å²) in [6.07, 6.45) is 2.53. The summed E-state index contributed by atoms with van der Waals surface area (Å²) < 4.78 is 0. The molecule has 1 aromatic heterocycles. The molecule has 5 nitrogen and oxygen atoms in total. The molecule has 0 saturated heterocycles. The van der Waals surface area contributed by atoms with Gasteiger partial charge < -0.3 is 5.32 Å². The fraction of sp³-hybridized carbons (Fsp3) is 0.227. The molecule has 0 unspecified atom stereocenters. The van der Waals surface area contributed by atoms with Gasteiger partial charge in [-0.25, -0.2) is 4.98 Å². The molecule has 0 radical (unpaired) electrons. The molecule has 2 amide bonds. The van der Waals surface area contributed by atoms with Crippen molar-refractivity contribution in [2.24, 2.45) is 0 Å². The van der Waals surface area contributed by atoms with E-state index < -0.39 is 0 Å². The van der Waals surface area contributed by atoms with Crippen LogP contribution in [0.2, 0.25) is 0 Å². The van der Waals surface area contributed by atoms with Gasteiger partial charge in [0.1, 0.15) is 0 Å². The highest BCUT2D eigenvalue weighted by atomic mass is 32.1. The normalized spacial score (nSPS) is 15.1. The fourth-order valence-electron chi connectivity index (χ4n) is 3.35. The molecule has 1 aliphatic rings. The van der Waals surface area contributed by atoms with E-state index in [2.05, 4.69) is 22.5 Å². The maximum atomic E-state index is 12.8. The minimum absolute atomic E-state index is 0.0470. The molecule has 28 heavy (non-hydrogen) atoms. The lowest BCUT2D eigenvalue weighted by molar-refractivity contribution is -0.117. The van der Waals surface area contributed by atoms with Crippen LogP contribution in [0.5, 0.6) is 0 Å². The van der Waals surface area contributed by atoms with Crippen molar-refractivity contribution in [1.82, 2.24) is 4.98 Å². The average Bonchev–Trinajstić information content (AvgIpc) is 3.29. The number of carbonyl (C=O) groups excluding carboxylic acids is 2. The zero-order valence-electron chi connectivity index (χ0n) is 15.6. The number of fused-ring (bicyclic) bond motifs is 1. The molecule has 1 heterocycles. The Bertz CT molecular complexity index is 996. The van der Waals surface area contributed by atoms with E-state index in [9.17, 15) is 9.59 Å². The van der Waals surface area contributed by atoms with Gasteiger partial charge in [-0.15, -0.1) is 11.3 Å². The predicted octanol–water partition coefficient (Wildman–Crippen LogP) is 4.63. The Kier molecular flexibility index (Phi) is 5.21. The van der Waals surface area contributed by atoms with E-state index in [0.717, 1.165) is 35.5 Å². The van der Waals surface area contributed by atoms with Gasteiger partial charge in [-0.05, 0) is 49.1 Å². The number of anilines is 2. The molecule has 0 fully saturated rings. The van der Waals surface area contributed by atoms with Crippen molar-refractivity contribution >= 4 is 34.0 Å². The molecular formula is C22H21N3O2S. The van der Waals surface area contributed by atoms with Crippen molar-refractivity contribution in [2.45, 2.75) is 32.1 Å². The molecular weight excluding hydrogens is 370 g/mol. The first kappa shape index (κ1) is 18.4. The van der Waals surface area contributed by atoms with E-state index in [4.69, 9.17) is 0 Å². The van der Waals surface area contributed by atoms with Gasteiger partial charge in [0.25, 0.3) is 5.91 Å². The highest BCUT2D eigenvalue weighted by molar-refractivity contribution is 7.16. The first-order chi connectivity index (χ1) is 13.6. The van der Waals surface area contributed by atoms with E-state index in [1.54, 1.807) is 12.1 Å². The number of nitrogens with one attached hydrogen (secondary N) is 2. The van der Waals surface area contributed by atoms with Crippen molar-refractivity contribution < 1.29 is 9.59 Å². The van der Waals surface area contributed by atoms with Crippen LogP contribution in [-0.4, -0.2) is 16.8 Å². The molecule has 142 valence electrons. The Morgan fingerprint density at radius 3 is 2.54 bits per heavy atom. The molecule has 2 N–H and O–H groups in total. The third-order valence-electron chi connectivity index (χ3n) is 4.92. The van der Waals surface area contributed by atoms with Crippen LogP contribution in [0.15, 0.2) is 54.6 Å². The Balaban J connectivity index is 1.45. The predicted molar refractivity (Wildman–Crippen MR) is 112 cm³/mol. The molecule has 3 aromatic rings. The monoisotopic (exact) mass is 391 g/mol. The average molecular weight is 391 g/mol. The van der Waals surface area contributed by atoms with Crippen LogP contribution in [0.4, 0.5) is 10.8 Å². The van der Waals surface area contributed by atoms with Crippen LogP contribution >= 0.6 is 11.3 Å². The highest BCUT2D eigenvalue weighted by Crippen LogP contribution is 2.39. The lowest BCUT2D eigenvalue weighted by Gasteiger charge is -2.11. The summed E-state index contributed by atoms with van der Waals surface area (Å²) >= 11 is 1.45. The number of aryl methyl sites for hydroxylation is 2. The Morgan fingerprint density at radius 2 is 1.82 bits per heavy atom. The van der Waals surface area contributed by atoms with Gasteiger partial charge >= 0.3 is 0 Å². The summed E-state index contributed by atoms with van der Waals surface area (Å²) in [5.74, 6) is -0.515. The number of benzene rings is 2. The third-order valence-corrected chi connectivity index (χ3v) is 5.97. The van der Waals surface area contributed by atoms with E-state index in [1.807, 2.05) is 42.5 Å². The van der Waals surface area contributed by atoms with Crippen molar-refractivity contribution in [3.8, 4) is 0 Å². The summed E-state index contributed by atoms with van der Waals surface area (Å²) in [5, 5.41) is 6.38. The van der Waals surface area contributed by atoms with Crippen LogP contribution in [0.1, 0.15) is 45.8 Å². The number of nitrogens with zero attached hydrogens (tertiary/aromatic N) is 1. The van der Waals surface area contributed by atoms with E-state index in [0.29, 0.717) is 10.7 Å². The molecule has 0 saturated carbocycles. The fourth-order valence-corrected chi connectivity index (χ4v) is 4.38. The molecule has 0 spiro atoms. The summed E-state index contributed by atoms with van der Waals surface area (Å²) in [6.45, 7) is 2.10. The van der Waals surface area contributed by atoms with Crippen LogP contribution in [0, 0.1) is 0 Å². The van der Waals surface area contributed by atoms with E-state index in [-0.39, 0.29) is 17.7 Å². The molecule has 0 bridgehead atoms. The summed E-state index contributed by atoms with van der Waals surface area (Å²) in [6, 6.07) is 16.9. The maximum Gasteiger partial charge on any atom is 0.257 e. The SMILES string of the molecule is CCc1ccc(NC(=O)[C@H]2CCc3sc(NC(=O)c4ccccc4)nc32)cc1. The summed E-state index contributed by atoms with van der Waals surface area (Å²) in [7, 11) is 0. The van der Waals surface area contributed by atoms with Crippen LogP contribution in [0.3, 0.4) is 0 Å². The number of hydrogen-bond acceptors (Lipinski definition) is 4. The lowest BCUT2D eigenvalue weighted by atomic mass is 10.1. The van der Waals surface area contributed by atoms with Crippen LogP contribution < -0.4 is 10.6 Å². The second kappa shape index (κ2) is 7.94. The number of thiazole rings is 1. The summed E-state index contributed by atoms with van der Waals surface area (Å²) in [4.78, 5) is 30.7. The molecule has 4 rings (SSSR count). The van der Waals surface area contributed by atoms with Gasteiger partial charge in [0.2, 0.25) is 5.91 Å². The standard InChI is InChI=1S/C22H21N3O2S/c1-2-14-8-10-16(11-9-14)23-21(27)17-12-13-18-19(17)24-22(28-18)25-20(26)15-6-4-3-5-7-15/h3-11,17H,2,12-13H2,1H3,(H,23,27)(H,24,25,26)/t17-/m0/s1. The Morgan fingerprint density at radius 1 is 1.07 bits per heavy atom. The minimum atomic E-state index is -0.278. The van der Waals surface area contributed by atoms with Gasteiger partial charge in [0.05, 0.1) is 11.6 Å². The Labute approximate surface area is 167 Å². The lowest BCUT2D eigenvalue weighted by Crippen LogP contribution is -2.20. The van der Waals surface area contributed by atoms with Gasteiger partial charge in [-0.3, -0.25) is 14.9 Å². The minimum Gasteiger partial charge on any atom is -0.326 e. The quantitative estimate of drug-likeness (QED) is 0.666. The second-order valence-electron chi connectivity index (χ2n) is 6.78. The molecule has 6 heteroatoms. The molecule has 2 aromatic carbocycles. The summed E-state index contributed by atoms with van der Waals surface area (Å²) in [5.41, 5.74) is 3.40.